The molecule has 0 spiro atoms. The monoisotopic (exact) mass is 216 g/mol. The van der Waals surface area contributed by atoms with Gasteiger partial charge < -0.3 is 9.30 Å². The average Bonchev–Trinajstić information content (AvgIpc) is 2.59. The van der Waals surface area contributed by atoms with Crippen molar-refractivity contribution in [2.75, 3.05) is 0 Å². The third-order valence-corrected chi connectivity index (χ3v) is 2.48. The van der Waals surface area contributed by atoms with Crippen LogP contribution in [-0.2, 0) is 13.7 Å². The summed E-state index contributed by atoms with van der Waals surface area (Å²) in [5, 5.41) is 0. The molecule has 1 aromatic heterocycles. The molecular weight excluding hydrogens is 200 g/mol. The Morgan fingerprint density at radius 2 is 1.88 bits per heavy atom. The summed E-state index contributed by atoms with van der Waals surface area (Å²) in [7, 11) is 1.97. The molecule has 1 aromatic carbocycles. The number of nitrogens with zero attached hydrogens (tertiary/aromatic N) is 2. The molecule has 0 aliphatic carbocycles. The van der Waals surface area contributed by atoms with Crippen LogP contribution in [0.1, 0.15) is 17.0 Å². The Balaban J connectivity index is 2.07. The molecule has 2 rings (SSSR count). The minimum Gasteiger partial charge on any atom is -0.486 e. The summed E-state index contributed by atoms with van der Waals surface area (Å²) in [6, 6.07) is 6.21. The van der Waals surface area contributed by atoms with Crippen molar-refractivity contribution in [3.63, 3.8) is 0 Å². The summed E-state index contributed by atoms with van der Waals surface area (Å²) in [6.45, 7) is 4.65. The highest BCUT2D eigenvalue weighted by Gasteiger charge is 2.01. The van der Waals surface area contributed by atoms with Crippen molar-refractivity contribution in [2.45, 2.75) is 20.5 Å². The summed E-state index contributed by atoms with van der Waals surface area (Å²) in [5.41, 5.74) is 2.43. The largest absolute Gasteiger partial charge is 0.486 e. The van der Waals surface area contributed by atoms with Gasteiger partial charge in [-0.1, -0.05) is 6.07 Å². The number of aryl methyl sites for hydroxylation is 3. The van der Waals surface area contributed by atoms with Crippen LogP contribution in [0.4, 0.5) is 0 Å². The molecule has 0 fully saturated rings. The zero-order valence-corrected chi connectivity index (χ0v) is 9.90. The van der Waals surface area contributed by atoms with Crippen molar-refractivity contribution < 1.29 is 4.74 Å². The SMILES string of the molecule is Cc1cc(C)cc(OCc2nccn2C)c1. The zero-order chi connectivity index (χ0) is 11.5. The molecule has 3 heteroatoms. The summed E-state index contributed by atoms with van der Waals surface area (Å²) in [4.78, 5) is 4.21. The molecule has 1 heterocycles. The number of hydrogen-bond donors (Lipinski definition) is 0. The van der Waals surface area contributed by atoms with Gasteiger partial charge in [0, 0.05) is 19.4 Å². The van der Waals surface area contributed by atoms with Crippen LogP contribution in [0.3, 0.4) is 0 Å². The highest BCUT2D eigenvalue weighted by atomic mass is 16.5. The zero-order valence-electron chi connectivity index (χ0n) is 9.90. The lowest BCUT2D eigenvalue weighted by atomic mass is 10.1. The molecule has 16 heavy (non-hydrogen) atoms. The Morgan fingerprint density at radius 3 is 2.44 bits per heavy atom. The number of aromatic nitrogens is 2. The Labute approximate surface area is 95.7 Å². The summed E-state index contributed by atoms with van der Waals surface area (Å²) in [5.74, 6) is 1.83. The molecule has 0 bridgehead atoms. The highest BCUT2D eigenvalue weighted by molar-refractivity contribution is 5.33. The Morgan fingerprint density at radius 1 is 1.19 bits per heavy atom. The molecule has 0 unspecified atom stereocenters. The van der Waals surface area contributed by atoms with E-state index in [0.29, 0.717) is 6.61 Å². The van der Waals surface area contributed by atoms with E-state index in [-0.39, 0.29) is 0 Å². The molecule has 2 aromatic rings. The van der Waals surface area contributed by atoms with E-state index in [9.17, 15) is 0 Å². The van der Waals surface area contributed by atoms with Crippen molar-refractivity contribution in [1.82, 2.24) is 9.55 Å². The molecule has 0 saturated heterocycles. The van der Waals surface area contributed by atoms with E-state index in [4.69, 9.17) is 4.74 Å². The molecule has 0 aliphatic heterocycles. The van der Waals surface area contributed by atoms with E-state index in [1.807, 2.05) is 29.9 Å². The maximum absolute atomic E-state index is 5.71. The topological polar surface area (TPSA) is 27.1 Å². The lowest BCUT2D eigenvalue weighted by molar-refractivity contribution is 0.291. The van der Waals surface area contributed by atoms with Gasteiger partial charge in [0.1, 0.15) is 18.2 Å². The van der Waals surface area contributed by atoms with Gasteiger partial charge in [-0.25, -0.2) is 4.98 Å². The van der Waals surface area contributed by atoms with Crippen LogP contribution >= 0.6 is 0 Å². The minimum absolute atomic E-state index is 0.506. The normalized spacial score (nSPS) is 10.4. The van der Waals surface area contributed by atoms with E-state index in [1.54, 1.807) is 6.20 Å². The molecule has 0 amide bonds. The van der Waals surface area contributed by atoms with Gasteiger partial charge in [0.2, 0.25) is 0 Å². The van der Waals surface area contributed by atoms with Gasteiger partial charge in [0.05, 0.1) is 0 Å². The molecule has 0 saturated carbocycles. The van der Waals surface area contributed by atoms with E-state index >= 15 is 0 Å². The average molecular weight is 216 g/mol. The second kappa shape index (κ2) is 4.39. The minimum atomic E-state index is 0.506. The highest BCUT2D eigenvalue weighted by Crippen LogP contribution is 2.17. The molecule has 0 radical (unpaired) electrons. The fraction of sp³-hybridized carbons (Fsp3) is 0.308. The Kier molecular flexibility index (Phi) is 2.95. The molecule has 3 nitrogen and oxygen atoms in total. The maximum atomic E-state index is 5.71. The third-order valence-electron chi connectivity index (χ3n) is 2.48. The van der Waals surface area contributed by atoms with Crippen molar-refractivity contribution in [3.05, 3.63) is 47.5 Å². The number of ether oxygens (including phenoxy) is 1. The van der Waals surface area contributed by atoms with E-state index in [1.165, 1.54) is 11.1 Å². The van der Waals surface area contributed by atoms with Crippen LogP contribution in [0.15, 0.2) is 30.6 Å². The molecule has 0 atom stereocenters. The second-order valence-electron chi connectivity index (χ2n) is 4.07. The first kappa shape index (κ1) is 10.7. The fourth-order valence-corrected chi connectivity index (χ4v) is 1.70. The van der Waals surface area contributed by atoms with E-state index in [2.05, 4.69) is 24.9 Å². The van der Waals surface area contributed by atoms with Crippen molar-refractivity contribution in [3.8, 4) is 5.75 Å². The lowest BCUT2D eigenvalue weighted by Gasteiger charge is -2.08. The first-order chi connectivity index (χ1) is 7.65. The van der Waals surface area contributed by atoms with Gasteiger partial charge in [-0.2, -0.15) is 0 Å². The van der Waals surface area contributed by atoms with Crippen molar-refractivity contribution in [1.29, 1.82) is 0 Å². The number of imidazole rings is 1. The van der Waals surface area contributed by atoms with Gasteiger partial charge >= 0.3 is 0 Å². The van der Waals surface area contributed by atoms with Crippen molar-refractivity contribution >= 4 is 0 Å². The Hall–Kier alpha value is -1.77. The summed E-state index contributed by atoms with van der Waals surface area (Å²) < 4.78 is 7.67. The van der Waals surface area contributed by atoms with Crippen LogP contribution in [0.5, 0.6) is 5.75 Å². The van der Waals surface area contributed by atoms with Gasteiger partial charge in [0.25, 0.3) is 0 Å². The van der Waals surface area contributed by atoms with Crippen LogP contribution in [0, 0.1) is 13.8 Å². The summed E-state index contributed by atoms with van der Waals surface area (Å²) in [6.07, 6.45) is 3.69. The number of benzene rings is 1. The van der Waals surface area contributed by atoms with Crippen LogP contribution in [0.25, 0.3) is 0 Å². The van der Waals surface area contributed by atoms with E-state index in [0.717, 1.165) is 11.6 Å². The third kappa shape index (κ3) is 2.42. The van der Waals surface area contributed by atoms with Crippen LogP contribution in [0.2, 0.25) is 0 Å². The lowest BCUT2D eigenvalue weighted by Crippen LogP contribution is -2.03. The molecule has 0 N–H and O–H groups in total. The fourth-order valence-electron chi connectivity index (χ4n) is 1.70. The summed E-state index contributed by atoms with van der Waals surface area (Å²) >= 11 is 0. The molecule has 0 aliphatic rings. The first-order valence-corrected chi connectivity index (χ1v) is 5.32. The first-order valence-electron chi connectivity index (χ1n) is 5.32. The van der Waals surface area contributed by atoms with Crippen LogP contribution < -0.4 is 4.74 Å². The molecular formula is C13H16N2O. The molecule has 84 valence electrons. The van der Waals surface area contributed by atoms with Gasteiger partial charge in [-0.05, 0) is 37.1 Å². The predicted molar refractivity (Wildman–Crippen MR) is 63.5 cm³/mol. The predicted octanol–water partition coefficient (Wildman–Crippen LogP) is 2.62. The van der Waals surface area contributed by atoms with Crippen molar-refractivity contribution in [2.24, 2.45) is 7.05 Å². The Bertz CT molecular complexity index is 468. The van der Waals surface area contributed by atoms with Gasteiger partial charge in [0.15, 0.2) is 0 Å². The standard InChI is InChI=1S/C13H16N2O/c1-10-6-11(2)8-12(7-10)16-9-13-14-4-5-15(13)3/h4-8H,9H2,1-3H3. The van der Waals surface area contributed by atoms with E-state index < -0.39 is 0 Å². The van der Waals surface area contributed by atoms with Crippen LogP contribution in [-0.4, -0.2) is 9.55 Å². The van der Waals surface area contributed by atoms with Gasteiger partial charge in [-0.15, -0.1) is 0 Å². The quantitative estimate of drug-likeness (QED) is 0.788. The smallest absolute Gasteiger partial charge is 0.146 e. The second-order valence-corrected chi connectivity index (χ2v) is 4.07. The number of hydrogen-bond acceptors (Lipinski definition) is 2. The number of rotatable bonds is 3. The maximum Gasteiger partial charge on any atom is 0.146 e. The van der Waals surface area contributed by atoms with Gasteiger partial charge in [-0.3, -0.25) is 0 Å².